The first-order valence-corrected chi connectivity index (χ1v) is 6.16. The Balaban J connectivity index is 2.34. The summed E-state index contributed by atoms with van der Waals surface area (Å²) < 4.78 is 10.5. The first kappa shape index (κ1) is 14.5. The third-order valence-corrected chi connectivity index (χ3v) is 2.38. The molecule has 1 atom stereocenters. The molecule has 0 amide bonds. The van der Waals surface area contributed by atoms with Crippen LogP contribution in [0, 0.1) is 0 Å². The molecule has 0 spiro atoms. The summed E-state index contributed by atoms with van der Waals surface area (Å²) in [6, 6.07) is 3.77. The second-order valence-electron chi connectivity index (χ2n) is 3.81. The van der Waals surface area contributed by atoms with E-state index >= 15 is 0 Å². The van der Waals surface area contributed by atoms with Gasteiger partial charge in [0, 0.05) is 19.8 Å². The lowest BCUT2D eigenvalue weighted by Gasteiger charge is -2.14. The molecule has 1 aromatic rings. The molecule has 0 aromatic carbocycles. The Labute approximate surface area is 108 Å². The number of nitrogens with one attached hydrogen (secondary N) is 2. The van der Waals surface area contributed by atoms with E-state index in [1.165, 1.54) is 0 Å². The summed E-state index contributed by atoms with van der Waals surface area (Å²) in [4.78, 5) is 4.31. The third-order valence-electron chi connectivity index (χ3n) is 2.38. The van der Waals surface area contributed by atoms with Crippen LogP contribution in [0.3, 0.4) is 0 Å². The van der Waals surface area contributed by atoms with Gasteiger partial charge < -0.3 is 14.5 Å². The summed E-state index contributed by atoms with van der Waals surface area (Å²) in [5.74, 6) is 6.80. The van der Waals surface area contributed by atoms with E-state index in [0.717, 1.165) is 18.8 Å². The fraction of sp³-hybridized carbons (Fsp3) is 0.583. The van der Waals surface area contributed by atoms with Crippen molar-refractivity contribution in [2.24, 2.45) is 10.8 Å². The van der Waals surface area contributed by atoms with Crippen molar-refractivity contribution in [2.75, 3.05) is 19.8 Å². The Hall–Kier alpha value is -1.53. The van der Waals surface area contributed by atoms with Crippen LogP contribution in [0.15, 0.2) is 27.8 Å². The Morgan fingerprint density at radius 1 is 1.61 bits per heavy atom. The summed E-state index contributed by atoms with van der Waals surface area (Å²) in [6.45, 7) is 6.07. The van der Waals surface area contributed by atoms with E-state index in [2.05, 4.69) is 15.7 Å². The van der Waals surface area contributed by atoms with Gasteiger partial charge in [-0.1, -0.05) is 0 Å². The van der Waals surface area contributed by atoms with Gasteiger partial charge in [0.25, 0.3) is 0 Å². The van der Waals surface area contributed by atoms with Gasteiger partial charge in [-0.15, -0.1) is 0 Å². The van der Waals surface area contributed by atoms with E-state index in [1.54, 1.807) is 6.26 Å². The van der Waals surface area contributed by atoms with Gasteiger partial charge in [0.2, 0.25) is 5.96 Å². The van der Waals surface area contributed by atoms with Crippen LogP contribution in [0.5, 0.6) is 0 Å². The molecule has 0 aliphatic rings. The Morgan fingerprint density at radius 3 is 3.06 bits per heavy atom. The summed E-state index contributed by atoms with van der Waals surface area (Å²) in [6.07, 6.45) is 2.51. The zero-order valence-corrected chi connectivity index (χ0v) is 11.0. The van der Waals surface area contributed by atoms with Crippen LogP contribution in [0.4, 0.5) is 0 Å². The largest absolute Gasteiger partial charge is 0.467 e. The van der Waals surface area contributed by atoms with E-state index in [-0.39, 0.29) is 6.04 Å². The number of ether oxygens (including phenoxy) is 1. The molecule has 0 saturated carbocycles. The molecule has 6 nitrogen and oxygen atoms in total. The van der Waals surface area contributed by atoms with E-state index in [0.29, 0.717) is 19.1 Å². The van der Waals surface area contributed by atoms with Gasteiger partial charge in [0.05, 0.1) is 12.3 Å². The normalized spacial score (nSPS) is 13.4. The molecule has 1 aromatic heterocycles. The summed E-state index contributed by atoms with van der Waals surface area (Å²) in [7, 11) is 0. The quantitative estimate of drug-likeness (QED) is 0.224. The Bertz CT molecular complexity index is 338. The maximum atomic E-state index is 5.41. The van der Waals surface area contributed by atoms with E-state index in [9.17, 15) is 0 Å². The number of hydrogen-bond acceptors (Lipinski definition) is 4. The Morgan fingerprint density at radius 2 is 2.44 bits per heavy atom. The van der Waals surface area contributed by atoms with Gasteiger partial charge in [0.15, 0.2) is 0 Å². The minimum Gasteiger partial charge on any atom is -0.467 e. The molecule has 0 fully saturated rings. The van der Waals surface area contributed by atoms with E-state index in [4.69, 9.17) is 15.0 Å². The van der Waals surface area contributed by atoms with Gasteiger partial charge in [-0.25, -0.2) is 5.84 Å². The number of furan rings is 1. The van der Waals surface area contributed by atoms with Crippen molar-refractivity contribution >= 4 is 5.96 Å². The van der Waals surface area contributed by atoms with Crippen molar-refractivity contribution in [2.45, 2.75) is 26.3 Å². The molecule has 1 rings (SSSR count). The molecule has 0 aliphatic heterocycles. The molecule has 6 heteroatoms. The minimum absolute atomic E-state index is 0.0155. The van der Waals surface area contributed by atoms with Crippen molar-refractivity contribution in [1.82, 2.24) is 10.7 Å². The first-order chi connectivity index (χ1) is 8.77. The van der Waals surface area contributed by atoms with Crippen LogP contribution < -0.4 is 16.6 Å². The SMILES string of the molecule is CCOCCCN=C(NN)NC(C)c1ccco1. The average molecular weight is 254 g/mol. The maximum absolute atomic E-state index is 5.41. The van der Waals surface area contributed by atoms with Crippen LogP contribution in [-0.2, 0) is 4.74 Å². The standard InChI is InChI=1S/C12H22N4O2/c1-3-17-8-5-7-14-12(16-13)15-10(2)11-6-4-9-18-11/h4,6,9-10H,3,5,7-8,13H2,1-2H3,(H2,14,15,16). The molecular weight excluding hydrogens is 232 g/mol. The van der Waals surface area contributed by atoms with Gasteiger partial charge >= 0.3 is 0 Å². The number of aliphatic imine (C=N–C) groups is 1. The highest BCUT2D eigenvalue weighted by Crippen LogP contribution is 2.11. The number of nitrogens with zero attached hydrogens (tertiary/aromatic N) is 1. The second kappa shape index (κ2) is 8.54. The highest BCUT2D eigenvalue weighted by Gasteiger charge is 2.09. The van der Waals surface area contributed by atoms with Gasteiger partial charge in [0.1, 0.15) is 5.76 Å². The van der Waals surface area contributed by atoms with Crippen molar-refractivity contribution in [3.8, 4) is 0 Å². The lowest BCUT2D eigenvalue weighted by molar-refractivity contribution is 0.146. The van der Waals surface area contributed by atoms with Crippen molar-refractivity contribution in [3.05, 3.63) is 24.2 Å². The highest BCUT2D eigenvalue weighted by atomic mass is 16.5. The number of hydrazine groups is 1. The molecule has 4 N–H and O–H groups in total. The Kier molecular flexibility index (Phi) is 6.90. The van der Waals surface area contributed by atoms with Crippen LogP contribution in [0.1, 0.15) is 32.1 Å². The molecule has 1 heterocycles. The second-order valence-corrected chi connectivity index (χ2v) is 3.81. The predicted octanol–water partition coefficient (Wildman–Crippen LogP) is 1.18. The molecule has 0 bridgehead atoms. The van der Waals surface area contributed by atoms with Crippen molar-refractivity contribution in [1.29, 1.82) is 0 Å². The molecule has 1 unspecified atom stereocenters. The summed E-state index contributed by atoms with van der Waals surface area (Å²) in [5.41, 5.74) is 2.54. The fourth-order valence-corrected chi connectivity index (χ4v) is 1.45. The van der Waals surface area contributed by atoms with Crippen LogP contribution in [0.2, 0.25) is 0 Å². The summed E-state index contributed by atoms with van der Waals surface area (Å²) >= 11 is 0. The molecule has 0 radical (unpaired) electrons. The van der Waals surface area contributed by atoms with Gasteiger partial charge in [-0.05, 0) is 32.4 Å². The van der Waals surface area contributed by atoms with Crippen LogP contribution in [0.25, 0.3) is 0 Å². The smallest absolute Gasteiger partial charge is 0.206 e. The molecule has 102 valence electrons. The maximum Gasteiger partial charge on any atom is 0.206 e. The zero-order chi connectivity index (χ0) is 13.2. The molecule has 0 saturated heterocycles. The van der Waals surface area contributed by atoms with E-state index < -0.39 is 0 Å². The van der Waals surface area contributed by atoms with Gasteiger partial charge in [-0.2, -0.15) is 0 Å². The molecule has 18 heavy (non-hydrogen) atoms. The monoisotopic (exact) mass is 254 g/mol. The first-order valence-electron chi connectivity index (χ1n) is 6.16. The number of rotatable bonds is 7. The highest BCUT2D eigenvalue weighted by molar-refractivity contribution is 5.79. The summed E-state index contributed by atoms with van der Waals surface area (Å²) in [5, 5.41) is 3.14. The number of nitrogens with two attached hydrogens (primary N) is 1. The van der Waals surface area contributed by atoms with Crippen molar-refractivity contribution < 1.29 is 9.15 Å². The number of guanidine groups is 1. The van der Waals surface area contributed by atoms with E-state index in [1.807, 2.05) is 26.0 Å². The minimum atomic E-state index is 0.0155. The number of hydrogen-bond donors (Lipinski definition) is 3. The van der Waals surface area contributed by atoms with Gasteiger partial charge in [-0.3, -0.25) is 10.4 Å². The lowest BCUT2D eigenvalue weighted by atomic mass is 10.2. The van der Waals surface area contributed by atoms with Crippen molar-refractivity contribution in [3.63, 3.8) is 0 Å². The van der Waals surface area contributed by atoms with Crippen LogP contribution >= 0.6 is 0 Å². The topological polar surface area (TPSA) is 84.8 Å². The predicted molar refractivity (Wildman–Crippen MR) is 71.0 cm³/mol. The fourth-order valence-electron chi connectivity index (χ4n) is 1.45. The van der Waals surface area contributed by atoms with Crippen LogP contribution in [-0.4, -0.2) is 25.7 Å². The average Bonchev–Trinajstić information content (AvgIpc) is 2.91. The third kappa shape index (κ3) is 5.20. The molecule has 0 aliphatic carbocycles. The lowest BCUT2D eigenvalue weighted by Crippen LogP contribution is -2.42. The molecular formula is C12H22N4O2. The zero-order valence-electron chi connectivity index (χ0n) is 11.0.